The molecule has 1 aliphatic heterocycles. The number of hydrogen-bond donors (Lipinski definition) is 2. The number of anilines is 1. The van der Waals surface area contributed by atoms with Crippen LogP contribution in [0, 0.1) is 6.92 Å². The summed E-state index contributed by atoms with van der Waals surface area (Å²) in [5.74, 6) is -0.348. The van der Waals surface area contributed by atoms with Crippen molar-refractivity contribution in [1.82, 2.24) is 10.2 Å². The fraction of sp³-hybridized carbons (Fsp3) is 0.333. The predicted molar refractivity (Wildman–Crippen MR) is 114 cm³/mol. The first kappa shape index (κ1) is 21.8. The molecule has 1 aliphatic rings. The molecule has 2 N–H and O–H groups in total. The summed E-state index contributed by atoms with van der Waals surface area (Å²) in [5.41, 5.74) is 2.89. The summed E-state index contributed by atoms with van der Waals surface area (Å²) in [6.07, 6.45) is 1.06. The van der Waals surface area contributed by atoms with Gasteiger partial charge in [0, 0.05) is 30.8 Å². The highest BCUT2D eigenvalue weighted by atomic mass is 32.2. The predicted octanol–water partition coefficient (Wildman–Crippen LogP) is 1.77. The van der Waals surface area contributed by atoms with Gasteiger partial charge >= 0.3 is 0 Å². The molecule has 0 bridgehead atoms. The van der Waals surface area contributed by atoms with Gasteiger partial charge in [0.2, 0.25) is 10.0 Å². The monoisotopic (exact) mass is 431 g/mol. The van der Waals surface area contributed by atoms with Gasteiger partial charge in [-0.1, -0.05) is 18.2 Å². The van der Waals surface area contributed by atoms with Crippen molar-refractivity contribution in [3.05, 3.63) is 64.7 Å². The van der Waals surface area contributed by atoms with Gasteiger partial charge in [-0.3, -0.25) is 14.3 Å². The number of morpholine rings is 1. The van der Waals surface area contributed by atoms with Crippen LogP contribution in [0.5, 0.6) is 0 Å². The van der Waals surface area contributed by atoms with Crippen molar-refractivity contribution in [3.8, 4) is 0 Å². The van der Waals surface area contributed by atoms with Gasteiger partial charge in [-0.25, -0.2) is 8.42 Å². The van der Waals surface area contributed by atoms with E-state index in [9.17, 15) is 18.0 Å². The SMILES string of the molecule is Cc1ccc(C(=O)NCc2ccc(C(=O)N3CCOCC3)cc2)cc1NS(C)(=O)=O. The lowest BCUT2D eigenvalue weighted by molar-refractivity contribution is 0.0303. The van der Waals surface area contributed by atoms with E-state index in [0.29, 0.717) is 43.1 Å². The van der Waals surface area contributed by atoms with Crippen LogP contribution in [0.2, 0.25) is 0 Å². The number of hydrogen-bond acceptors (Lipinski definition) is 5. The largest absolute Gasteiger partial charge is 0.378 e. The molecule has 8 nitrogen and oxygen atoms in total. The molecule has 0 radical (unpaired) electrons. The molecule has 1 fully saturated rings. The van der Waals surface area contributed by atoms with Crippen LogP contribution in [0.25, 0.3) is 0 Å². The van der Waals surface area contributed by atoms with Crippen molar-refractivity contribution >= 4 is 27.5 Å². The van der Waals surface area contributed by atoms with Crippen LogP contribution in [0.1, 0.15) is 31.8 Å². The topological polar surface area (TPSA) is 105 Å². The number of benzene rings is 2. The molecule has 1 heterocycles. The Morgan fingerprint density at radius 3 is 2.30 bits per heavy atom. The minimum Gasteiger partial charge on any atom is -0.378 e. The van der Waals surface area contributed by atoms with Gasteiger partial charge in [0.1, 0.15) is 0 Å². The number of ether oxygens (including phenoxy) is 1. The highest BCUT2D eigenvalue weighted by Crippen LogP contribution is 2.18. The van der Waals surface area contributed by atoms with E-state index in [1.165, 1.54) is 6.07 Å². The minimum absolute atomic E-state index is 0.0283. The Kier molecular flexibility index (Phi) is 6.73. The second kappa shape index (κ2) is 9.27. The fourth-order valence-corrected chi connectivity index (χ4v) is 3.69. The van der Waals surface area contributed by atoms with Crippen LogP contribution >= 0.6 is 0 Å². The Hall–Kier alpha value is -2.91. The smallest absolute Gasteiger partial charge is 0.254 e. The molecule has 3 rings (SSSR count). The highest BCUT2D eigenvalue weighted by molar-refractivity contribution is 7.92. The standard InChI is InChI=1S/C21H25N3O5S/c1-15-3-6-18(13-19(15)23-30(2,27)28)20(25)22-14-16-4-7-17(8-5-16)21(26)24-9-11-29-12-10-24/h3-8,13,23H,9-12,14H2,1-2H3,(H,22,25). The van der Waals surface area contributed by atoms with Crippen molar-refractivity contribution in [2.45, 2.75) is 13.5 Å². The lowest BCUT2D eigenvalue weighted by Gasteiger charge is -2.26. The third kappa shape index (κ3) is 5.80. The molecular formula is C21H25N3O5S. The van der Waals surface area contributed by atoms with E-state index in [1.54, 1.807) is 48.2 Å². The molecule has 0 saturated carbocycles. The van der Waals surface area contributed by atoms with E-state index in [4.69, 9.17) is 4.74 Å². The number of amides is 2. The van der Waals surface area contributed by atoms with Crippen molar-refractivity contribution in [3.63, 3.8) is 0 Å². The third-order valence-electron chi connectivity index (χ3n) is 4.75. The Morgan fingerprint density at radius 2 is 1.67 bits per heavy atom. The summed E-state index contributed by atoms with van der Waals surface area (Å²) in [6.45, 7) is 4.32. The van der Waals surface area contributed by atoms with E-state index >= 15 is 0 Å². The second-order valence-corrected chi connectivity index (χ2v) is 8.94. The summed E-state index contributed by atoms with van der Waals surface area (Å²) < 4.78 is 30.6. The first-order valence-electron chi connectivity index (χ1n) is 9.55. The third-order valence-corrected chi connectivity index (χ3v) is 5.34. The van der Waals surface area contributed by atoms with E-state index in [2.05, 4.69) is 10.0 Å². The van der Waals surface area contributed by atoms with Gasteiger partial charge < -0.3 is 15.0 Å². The van der Waals surface area contributed by atoms with Gasteiger partial charge in [0.05, 0.1) is 25.2 Å². The first-order chi connectivity index (χ1) is 14.2. The number of rotatable bonds is 6. The average Bonchev–Trinajstić information content (AvgIpc) is 2.73. The number of sulfonamides is 1. The summed E-state index contributed by atoms with van der Waals surface area (Å²) in [7, 11) is -3.44. The van der Waals surface area contributed by atoms with Crippen LogP contribution in [0.4, 0.5) is 5.69 Å². The first-order valence-corrected chi connectivity index (χ1v) is 11.4. The molecule has 9 heteroatoms. The highest BCUT2D eigenvalue weighted by Gasteiger charge is 2.18. The van der Waals surface area contributed by atoms with Crippen LogP contribution in [-0.4, -0.2) is 57.7 Å². The van der Waals surface area contributed by atoms with Crippen LogP contribution in [0.15, 0.2) is 42.5 Å². The van der Waals surface area contributed by atoms with Crippen LogP contribution in [-0.2, 0) is 21.3 Å². The Bertz CT molecular complexity index is 1030. The molecule has 0 aromatic heterocycles. The summed E-state index contributed by atoms with van der Waals surface area (Å²) in [5, 5.41) is 2.81. The molecule has 1 saturated heterocycles. The number of carbonyl (C=O) groups is 2. The lowest BCUT2D eigenvalue weighted by Crippen LogP contribution is -2.40. The maximum atomic E-state index is 12.5. The van der Waals surface area contributed by atoms with Gasteiger partial charge in [0.25, 0.3) is 11.8 Å². The zero-order valence-electron chi connectivity index (χ0n) is 17.0. The zero-order valence-corrected chi connectivity index (χ0v) is 17.8. The quantitative estimate of drug-likeness (QED) is 0.725. The second-order valence-electron chi connectivity index (χ2n) is 7.19. The average molecular weight is 432 g/mol. The Labute approximate surface area is 176 Å². The molecule has 0 aliphatic carbocycles. The summed E-state index contributed by atoms with van der Waals surface area (Å²) in [6, 6.07) is 11.9. The Morgan fingerprint density at radius 1 is 1.03 bits per heavy atom. The molecule has 2 amide bonds. The molecule has 30 heavy (non-hydrogen) atoms. The number of nitrogens with zero attached hydrogens (tertiary/aromatic N) is 1. The molecule has 0 unspecified atom stereocenters. The van der Waals surface area contributed by atoms with Crippen molar-refractivity contribution in [2.75, 3.05) is 37.3 Å². The fourth-order valence-electron chi connectivity index (χ4n) is 3.07. The van der Waals surface area contributed by atoms with Gasteiger partial charge in [-0.15, -0.1) is 0 Å². The van der Waals surface area contributed by atoms with Crippen molar-refractivity contribution < 1.29 is 22.7 Å². The lowest BCUT2D eigenvalue weighted by atomic mass is 10.1. The Balaban J connectivity index is 1.61. The molecule has 2 aromatic carbocycles. The van der Waals surface area contributed by atoms with Crippen LogP contribution in [0.3, 0.4) is 0 Å². The van der Waals surface area contributed by atoms with Gasteiger partial charge in [-0.05, 0) is 42.3 Å². The van der Waals surface area contributed by atoms with Crippen LogP contribution < -0.4 is 10.0 Å². The normalized spacial score (nSPS) is 14.3. The van der Waals surface area contributed by atoms with Gasteiger partial charge in [-0.2, -0.15) is 0 Å². The molecule has 0 spiro atoms. The molecule has 160 valence electrons. The zero-order chi connectivity index (χ0) is 21.7. The summed E-state index contributed by atoms with van der Waals surface area (Å²) >= 11 is 0. The van der Waals surface area contributed by atoms with E-state index < -0.39 is 10.0 Å². The van der Waals surface area contributed by atoms with Crippen molar-refractivity contribution in [1.29, 1.82) is 0 Å². The maximum absolute atomic E-state index is 12.5. The number of nitrogens with one attached hydrogen (secondary N) is 2. The number of aryl methyl sites for hydroxylation is 1. The van der Waals surface area contributed by atoms with Gasteiger partial charge in [0.15, 0.2) is 0 Å². The van der Waals surface area contributed by atoms with E-state index in [1.807, 2.05) is 0 Å². The minimum atomic E-state index is -3.44. The summed E-state index contributed by atoms with van der Waals surface area (Å²) in [4.78, 5) is 26.7. The van der Waals surface area contributed by atoms with E-state index in [0.717, 1.165) is 17.4 Å². The molecular weight excluding hydrogens is 406 g/mol. The maximum Gasteiger partial charge on any atom is 0.254 e. The molecule has 0 atom stereocenters. The number of carbonyl (C=O) groups excluding carboxylic acids is 2. The molecule has 2 aromatic rings. The van der Waals surface area contributed by atoms with E-state index in [-0.39, 0.29) is 18.4 Å². The van der Waals surface area contributed by atoms with Crippen molar-refractivity contribution in [2.24, 2.45) is 0 Å².